The van der Waals surface area contributed by atoms with Gasteiger partial charge in [0.2, 0.25) is 5.95 Å². The van der Waals surface area contributed by atoms with Crippen molar-refractivity contribution >= 4 is 23.2 Å². The molecule has 0 radical (unpaired) electrons. The molecule has 3 aliphatic rings. The summed E-state index contributed by atoms with van der Waals surface area (Å²) < 4.78 is 31.6. The Labute approximate surface area is 227 Å². The summed E-state index contributed by atoms with van der Waals surface area (Å²) in [4.78, 5) is 38.7. The second-order valence-electron chi connectivity index (χ2n) is 10.9. The van der Waals surface area contributed by atoms with Crippen LogP contribution >= 0.6 is 11.6 Å². The van der Waals surface area contributed by atoms with Gasteiger partial charge in [0.05, 0.1) is 28.5 Å². The Morgan fingerprint density at radius 1 is 1.08 bits per heavy atom. The maximum Gasteiger partial charge on any atom is 0.252 e. The first-order chi connectivity index (χ1) is 18.7. The Morgan fingerprint density at radius 2 is 1.90 bits per heavy atom. The molecule has 3 N–H and O–H groups in total. The maximum atomic E-state index is 15.6. The van der Waals surface area contributed by atoms with E-state index in [0.29, 0.717) is 54.0 Å². The number of fused-ring (bicyclic) bond motifs is 5. The van der Waals surface area contributed by atoms with E-state index in [4.69, 9.17) is 17.3 Å². The number of carbonyl (C=O) groups excluding carboxylic acids is 1. The third kappa shape index (κ3) is 3.66. The molecule has 7 nitrogen and oxygen atoms in total. The number of aromatic amines is 1. The fraction of sp³-hybridized carbons (Fsp3) is 0.310. The largest absolute Gasteiger partial charge is 0.384 e. The number of ketones is 1. The third-order valence-electron chi connectivity index (χ3n) is 8.64. The Bertz CT molecular complexity index is 1760. The van der Waals surface area contributed by atoms with E-state index in [9.17, 15) is 14.0 Å². The highest BCUT2D eigenvalue weighted by molar-refractivity contribution is 6.31. The van der Waals surface area contributed by atoms with Crippen molar-refractivity contribution in [2.45, 2.75) is 51.0 Å². The number of nitrogens with two attached hydrogens (primary N) is 1. The molecule has 7 rings (SSSR count). The molecular weight excluding hydrogens is 524 g/mol. The third-order valence-corrected chi connectivity index (χ3v) is 8.93. The monoisotopic (exact) mass is 547 g/mol. The van der Waals surface area contributed by atoms with Crippen LogP contribution in [0.1, 0.15) is 65.6 Å². The van der Waals surface area contributed by atoms with Crippen molar-refractivity contribution in [2.75, 3.05) is 5.73 Å². The lowest BCUT2D eigenvalue weighted by molar-refractivity contribution is 0.0754. The topological polar surface area (TPSA) is 107 Å². The van der Waals surface area contributed by atoms with E-state index in [1.807, 2.05) is 6.07 Å². The summed E-state index contributed by atoms with van der Waals surface area (Å²) in [5.41, 5.74) is 7.93. The zero-order chi connectivity index (χ0) is 27.1. The van der Waals surface area contributed by atoms with Crippen molar-refractivity contribution in [3.63, 3.8) is 0 Å². The minimum Gasteiger partial charge on any atom is -0.384 e. The SMILES string of the molecule is Nc1ccc(-c2cnc([C@H]3CCc4c5c(cc(=O)n43)-c3c(ccc(Cl)c3F)CC3(CCC3)CC5=O)[nH]2)c(F)n1. The van der Waals surface area contributed by atoms with Crippen LogP contribution in [-0.2, 0) is 12.8 Å². The summed E-state index contributed by atoms with van der Waals surface area (Å²) in [7, 11) is 0. The van der Waals surface area contributed by atoms with Crippen molar-refractivity contribution in [3.8, 4) is 22.4 Å². The molecule has 0 amide bonds. The van der Waals surface area contributed by atoms with Crippen molar-refractivity contribution in [3.05, 3.63) is 86.3 Å². The number of nitrogens with one attached hydrogen (secondary N) is 1. The molecule has 1 spiro atoms. The van der Waals surface area contributed by atoms with Crippen molar-refractivity contribution in [1.82, 2.24) is 19.5 Å². The molecule has 10 heteroatoms. The number of hydrogen-bond donors (Lipinski definition) is 2. The average Bonchev–Trinajstić information content (AvgIpc) is 3.52. The first kappa shape index (κ1) is 24.2. The summed E-state index contributed by atoms with van der Waals surface area (Å²) in [5, 5.41) is -0.0404. The molecule has 0 saturated heterocycles. The molecule has 1 atom stereocenters. The van der Waals surface area contributed by atoms with Crippen LogP contribution in [0, 0.1) is 17.2 Å². The number of pyridine rings is 2. The summed E-state index contributed by atoms with van der Waals surface area (Å²) in [6, 6.07) is 7.25. The molecule has 3 aromatic heterocycles. The number of Topliss-reactive ketones (excluding diaryl/α,β-unsaturated/α-hetero) is 1. The lowest BCUT2D eigenvalue weighted by atomic mass is 9.60. The molecule has 0 unspecified atom stereocenters. The lowest BCUT2D eigenvalue weighted by Gasteiger charge is -2.43. The summed E-state index contributed by atoms with van der Waals surface area (Å²) in [6.45, 7) is 0. The predicted molar refractivity (Wildman–Crippen MR) is 143 cm³/mol. The van der Waals surface area contributed by atoms with Crippen molar-refractivity contribution in [2.24, 2.45) is 5.41 Å². The fourth-order valence-corrected chi connectivity index (χ4v) is 6.84. The van der Waals surface area contributed by atoms with E-state index in [1.165, 1.54) is 24.4 Å². The lowest BCUT2D eigenvalue weighted by Crippen LogP contribution is -2.37. The van der Waals surface area contributed by atoms with Crippen LogP contribution in [0.3, 0.4) is 0 Å². The summed E-state index contributed by atoms with van der Waals surface area (Å²) in [5.74, 6) is -0.880. The molecule has 0 bridgehead atoms. The summed E-state index contributed by atoms with van der Waals surface area (Å²) >= 11 is 6.20. The predicted octanol–water partition coefficient (Wildman–Crippen LogP) is 5.65. The van der Waals surface area contributed by atoms with Gasteiger partial charge in [-0.1, -0.05) is 24.1 Å². The van der Waals surface area contributed by atoms with Crippen LogP contribution in [0.5, 0.6) is 0 Å². The standard InChI is InChI=1S/C29H24ClF2N5O2/c30-17-4-2-14-11-29(8-1-9-29)12-21(38)25-16(24(14)26(17)31)10-23(39)37-19(25)5-6-20(37)28-34-13-18(35-28)15-3-7-22(33)36-27(15)32/h2-4,7,10,13,20H,1,5-6,8-9,11-12H2,(H2,33,36)(H,34,35)/t20-/m1/s1. The minimum atomic E-state index is -0.731. The van der Waals surface area contributed by atoms with E-state index in [-0.39, 0.29) is 38.7 Å². The highest BCUT2D eigenvalue weighted by Gasteiger charge is 2.44. The van der Waals surface area contributed by atoms with Gasteiger partial charge in [-0.2, -0.15) is 4.39 Å². The minimum absolute atomic E-state index is 0.0404. The number of nitrogens with zero attached hydrogens (tertiary/aromatic N) is 3. The van der Waals surface area contributed by atoms with E-state index >= 15 is 4.39 Å². The van der Waals surface area contributed by atoms with Crippen LogP contribution in [0.25, 0.3) is 22.4 Å². The number of H-pyrrole nitrogens is 1. The molecule has 1 saturated carbocycles. The van der Waals surface area contributed by atoms with Crippen LogP contribution in [-0.4, -0.2) is 25.3 Å². The maximum absolute atomic E-state index is 15.6. The Morgan fingerprint density at radius 3 is 2.64 bits per heavy atom. The van der Waals surface area contributed by atoms with Crippen LogP contribution in [0.15, 0.2) is 41.3 Å². The molecule has 1 aromatic carbocycles. The van der Waals surface area contributed by atoms with Gasteiger partial charge in [-0.25, -0.2) is 14.4 Å². The number of aromatic nitrogens is 4. The molecule has 1 aliphatic heterocycles. The van der Waals surface area contributed by atoms with Gasteiger partial charge in [0.1, 0.15) is 17.5 Å². The van der Waals surface area contributed by atoms with Gasteiger partial charge >= 0.3 is 0 Å². The zero-order valence-corrected chi connectivity index (χ0v) is 21.6. The van der Waals surface area contributed by atoms with E-state index in [1.54, 1.807) is 10.6 Å². The Kier molecular flexibility index (Phi) is 5.32. The molecule has 4 heterocycles. The van der Waals surface area contributed by atoms with Crippen molar-refractivity contribution in [1.29, 1.82) is 0 Å². The highest BCUT2D eigenvalue weighted by atomic mass is 35.5. The number of benzene rings is 1. The number of hydrogen-bond acceptors (Lipinski definition) is 5. The number of halogens is 3. The number of nitrogen functional groups attached to an aromatic ring is 1. The van der Waals surface area contributed by atoms with Crippen LogP contribution in [0.2, 0.25) is 5.02 Å². The zero-order valence-electron chi connectivity index (χ0n) is 20.9. The Hall–Kier alpha value is -3.85. The quantitative estimate of drug-likeness (QED) is 0.315. The molecule has 2 aliphatic carbocycles. The molecule has 39 heavy (non-hydrogen) atoms. The van der Waals surface area contributed by atoms with Gasteiger partial charge in [-0.3, -0.25) is 9.59 Å². The Balaban J connectivity index is 1.38. The highest BCUT2D eigenvalue weighted by Crippen LogP contribution is 2.51. The second-order valence-corrected chi connectivity index (χ2v) is 11.3. The van der Waals surface area contributed by atoms with Gasteiger partial charge in [0.15, 0.2) is 5.78 Å². The van der Waals surface area contributed by atoms with Crippen LogP contribution in [0.4, 0.5) is 14.6 Å². The number of carbonyl (C=O) groups is 1. The van der Waals surface area contributed by atoms with Crippen molar-refractivity contribution < 1.29 is 13.6 Å². The van der Waals surface area contributed by atoms with Gasteiger partial charge in [0, 0.05) is 34.9 Å². The molecule has 4 aromatic rings. The first-order valence-electron chi connectivity index (χ1n) is 13.0. The van der Waals surface area contributed by atoms with Gasteiger partial charge in [0.25, 0.3) is 5.56 Å². The normalized spacial score (nSPS) is 19.2. The van der Waals surface area contributed by atoms with E-state index in [2.05, 4.69) is 15.0 Å². The number of anilines is 1. The second kappa shape index (κ2) is 8.58. The van der Waals surface area contributed by atoms with E-state index in [0.717, 1.165) is 24.8 Å². The average molecular weight is 548 g/mol. The van der Waals surface area contributed by atoms with Gasteiger partial charge in [-0.05, 0) is 61.3 Å². The number of rotatable bonds is 2. The first-order valence-corrected chi connectivity index (χ1v) is 13.4. The number of imidazole rings is 1. The van der Waals surface area contributed by atoms with Gasteiger partial charge in [-0.15, -0.1) is 0 Å². The van der Waals surface area contributed by atoms with Crippen LogP contribution < -0.4 is 11.3 Å². The van der Waals surface area contributed by atoms with Gasteiger partial charge < -0.3 is 15.3 Å². The summed E-state index contributed by atoms with van der Waals surface area (Å²) in [6.07, 6.45) is 6.20. The molecule has 198 valence electrons. The molecular formula is C29H24ClF2N5O2. The fourth-order valence-electron chi connectivity index (χ4n) is 6.68. The smallest absolute Gasteiger partial charge is 0.252 e. The van der Waals surface area contributed by atoms with E-state index < -0.39 is 17.8 Å². The molecule has 1 fully saturated rings.